The van der Waals surface area contributed by atoms with Gasteiger partial charge in [0.25, 0.3) is 0 Å². The lowest BCUT2D eigenvalue weighted by molar-refractivity contribution is 0.600. The van der Waals surface area contributed by atoms with Crippen LogP contribution in [0.2, 0.25) is 0 Å². The molecule has 340 valence electrons. The predicted octanol–water partition coefficient (Wildman–Crippen LogP) is 18.8. The number of rotatable bonds is 4. The molecular weight excluding hydrogens is 851 g/mol. The van der Waals surface area contributed by atoms with Gasteiger partial charge in [-0.2, -0.15) is 0 Å². The van der Waals surface area contributed by atoms with Gasteiger partial charge in [0.1, 0.15) is 22.3 Å². The van der Waals surface area contributed by atoms with Crippen LogP contribution in [0.1, 0.15) is 97.2 Å². The molecule has 0 atom stereocenters. The summed E-state index contributed by atoms with van der Waals surface area (Å²) >= 11 is 0. The lowest BCUT2D eigenvalue weighted by Gasteiger charge is -2.32. The minimum absolute atomic E-state index is 0.210. The van der Waals surface area contributed by atoms with Crippen molar-refractivity contribution in [3.05, 3.63) is 207 Å². The normalized spacial score (nSPS) is 15.3. The first kappa shape index (κ1) is 41.4. The Bertz CT molecular complexity index is 4150. The van der Waals surface area contributed by atoms with Crippen molar-refractivity contribution < 1.29 is 8.83 Å². The van der Waals surface area contributed by atoms with Gasteiger partial charge in [0.15, 0.2) is 0 Å². The average Bonchev–Trinajstić information content (AvgIpc) is 4.09. The Kier molecular flexibility index (Phi) is 8.15. The predicted molar refractivity (Wildman–Crippen MR) is 293 cm³/mol. The van der Waals surface area contributed by atoms with E-state index in [9.17, 15) is 0 Å². The summed E-state index contributed by atoms with van der Waals surface area (Å²) in [5.41, 5.74) is 29.6. The number of nitrogens with zero attached hydrogens (tertiary/aromatic N) is 1. The second-order valence-electron chi connectivity index (χ2n) is 22.3. The van der Waals surface area contributed by atoms with E-state index in [1.165, 1.54) is 116 Å². The molecule has 0 bridgehead atoms. The van der Waals surface area contributed by atoms with E-state index in [0.29, 0.717) is 0 Å². The molecule has 0 amide bonds. The quantitative estimate of drug-likeness (QED) is 0.176. The summed E-state index contributed by atoms with van der Waals surface area (Å²) in [6.07, 6.45) is 0. The van der Waals surface area contributed by atoms with Gasteiger partial charge in [0.2, 0.25) is 0 Å². The second kappa shape index (κ2) is 13.8. The molecular formula is C67H55NO2. The molecule has 2 aromatic heterocycles. The summed E-state index contributed by atoms with van der Waals surface area (Å²) in [4.78, 5) is 2.51. The Morgan fingerprint density at radius 2 is 0.886 bits per heavy atom. The zero-order chi connectivity index (χ0) is 47.9. The topological polar surface area (TPSA) is 29.5 Å². The van der Waals surface area contributed by atoms with Gasteiger partial charge in [-0.05, 0) is 154 Å². The highest BCUT2D eigenvalue weighted by atomic mass is 16.3. The molecule has 14 rings (SSSR count). The first-order valence-corrected chi connectivity index (χ1v) is 25.0. The van der Waals surface area contributed by atoms with Gasteiger partial charge in [-0.15, -0.1) is 0 Å². The van der Waals surface area contributed by atoms with Gasteiger partial charge in [0, 0.05) is 66.0 Å². The van der Waals surface area contributed by atoms with E-state index in [2.05, 4.69) is 226 Å². The standard InChI is InChI=1S/C67H55NO2/c1-36-23-27-42(38(3)31-36)48-35-52-56(58-46-18-12-15-21-54(46)69-63(48)58)44-28-25-40(33-50(44)65(52,5)6)68(53-30-24-37(2)32-39(53)4)41-26-29-45-51(34-41)67(9,10)62-60(45)64-59(47-19-13-16-22-55(47)70-64)57-43-17-11-14-20-49(43)66(7,8)61(57)62/h11-35H,1-10H3. The van der Waals surface area contributed by atoms with Crippen LogP contribution >= 0.6 is 0 Å². The van der Waals surface area contributed by atoms with Crippen molar-refractivity contribution in [2.45, 2.75) is 85.5 Å². The molecule has 0 N–H and O–H groups in total. The highest BCUT2D eigenvalue weighted by Crippen LogP contribution is 2.64. The van der Waals surface area contributed by atoms with Crippen LogP contribution in [0.15, 0.2) is 160 Å². The Hall–Kier alpha value is -7.62. The Morgan fingerprint density at radius 1 is 0.371 bits per heavy atom. The summed E-state index contributed by atoms with van der Waals surface area (Å²) in [6.45, 7) is 23.4. The van der Waals surface area contributed by atoms with Crippen LogP contribution in [0, 0.1) is 27.7 Å². The number of furan rings is 2. The number of aryl methyl sites for hydroxylation is 4. The number of benzene rings is 9. The van der Waals surface area contributed by atoms with Crippen molar-refractivity contribution in [3.63, 3.8) is 0 Å². The highest BCUT2D eigenvalue weighted by molar-refractivity contribution is 6.21. The van der Waals surface area contributed by atoms with E-state index in [0.717, 1.165) is 44.7 Å². The first-order valence-electron chi connectivity index (χ1n) is 25.0. The number of anilines is 3. The molecule has 3 heteroatoms. The van der Waals surface area contributed by atoms with Gasteiger partial charge in [-0.25, -0.2) is 0 Å². The molecule has 0 unspecified atom stereocenters. The second-order valence-corrected chi connectivity index (χ2v) is 22.3. The minimum Gasteiger partial charge on any atom is -0.455 e. The molecule has 0 aliphatic heterocycles. The number of para-hydroxylation sites is 2. The zero-order valence-corrected chi connectivity index (χ0v) is 41.7. The molecule has 0 fully saturated rings. The lowest BCUT2D eigenvalue weighted by Crippen LogP contribution is -2.24. The Balaban J connectivity index is 0.991. The van der Waals surface area contributed by atoms with Crippen LogP contribution in [-0.2, 0) is 16.2 Å². The summed E-state index contributed by atoms with van der Waals surface area (Å²) < 4.78 is 13.9. The summed E-state index contributed by atoms with van der Waals surface area (Å²) in [5.74, 6) is 0. The largest absolute Gasteiger partial charge is 0.455 e. The average molecular weight is 906 g/mol. The summed E-state index contributed by atoms with van der Waals surface area (Å²) in [6, 6.07) is 56.8. The van der Waals surface area contributed by atoms with E-state index < -0.39 is 0 Å². The van der Waals surface area contributed by atoms with E-state index in [1.807, 2.05) is 0 Å². The maximum Gasteiger partial charge on any atom is 0.144 e. The third kappa shape index (κ3) is 5.25. The van der Waals surface area contributed by atoms with Crippen LogP contribution in [-0.4, -0.2) is 0 Å². The number of fused-ring (bicyclic) bond motifs is 19. The van der Waals surface area contributed by atoms with Gasteiger partial charge < -0.3 is 13.7 Å². The van der Waals surface area contributed by atoms with E-state index in [1.54, 1.807) is 0 Å². The number of hydrogen-bond acceptors (Lipinski definition) is 3. The Labute approximate surface area is 410 Å². The fourth-order valence-electron chi connectivity index (χ4n) is 13.7. The van der Waals surface area contributed by atoms with Crippen molar-refractivity contribution in [3.8, 4) is 44.5 Å². The summed E-state index contributed by atoms with van der Waals surface area (Å²) in [5, 5.41) is 4.77. The fraction of sp³-hybridized carbons (Fsp3) is 0.194. The molecule has 0 radical (unpaired) electrons. The van der Waals surface area contributed by atoms with Crippen molar-refractivity contribution in [2.75, 3.05) is 4.90 Å². The maximum atomic E-state index is 7.06. The van der Waals surface area contributed by atoms with Crippen LogP contribution in [0.5, 0.6) is 0 Å². The maximum absolute atomic E-state index is 7.06. The van der Waals surface area contributed by atoms with Gasteiger partial charge in [0.05, 0.1) is 0 Å². The SMILES string of the molecule is Cc1ccc(-c2cc3c(c4c2oc2ccccc24)-c2ccc(N(c4ccc5c(c4)C(C)(C)c4c6c(c7c(oc8ccccc87)c4-5)-c4ccccc4C6(C)C)c4ccc(C)cc4C)cc2C3(C)C)c(C)c1. The highest BCUT2D eigenvalue weighted by Gasteiger charge is 2.49. The van der Waals surface area contributed by atoms with Crippen LogP contribution in [0.3, 0.4) is 0 Å². The van der Waals surface area contributed by atoms with Crippen molar-refractivity contribution in [2.24, 2.45) is 0 Å². The molecule has 0 saturated heterocycles. The smallest absolute Gasteiger partial charge is 0.144 e. The monoisotopic (exact) mass is 905 g/mol. The first-order chi connectivity index (χ1) is 33.6. The van der Waals surface area contributed by atoms with Crippen LogP contribution < -0.4 is 4.90 Å². The Morgan fingerprint density at radius 3 is 1.56 bits per heavy atom. The van der Waals surface area contributed by atoms with Crippen LogP contribution in [0.25, 0.3) is 88.4 Å². The van der Waals surface area contributed by atoms with Crippen molar-refractivity contribution >= 4 is 60.9 Å². The van der Waals surface area contributed by atoms with E-state index in [-0.39, 0.29) is 16.2 Å². The molecule has 11 aromatic rings. The van der Waals surface area contributed by atoms with Crippen molar-refractivity contribution in [1.82, 2.24) is 0 Å². The van der Waals surface area contributed by atoms with Gasteiger partial charge in [-0.3, -0.25) is 0 Å². The van der Waals surface area contributed by atoms with Crippen LogP contribution in [0.4, 0.5) is 17.1 Å². The fourth-order valence-corrected chi connectivity index (χ4v) is 13.7. The molecule has 9 aromatic carbocycles. The van der Waals surface area contributed by atoms with E-state index in [4.69, 9.17) is 8.83 Å². The van der Waals surface area contributed by atoms with E-state index >= 15 is 0 Å². The zero-order valence-electron chi connectivity index (χ0n) is 41.7. The molecule has 0 spiro atoms. The molecule has 70 heavy (non-hydrogen) atoms. The third-order valence-corrected chi connectivity index (χ3v) is 16.9. The minimum atomic E-state index is -0.334. The molecule has 2 heterocycles. The van der Waals surface area contributed by atoms with Gasteiger partial charge in [-0.1, -0.05) is 156 Å². The molecule has 3 aliphatic rings. The lowest BCUT2D eigenvalue weighted by atomic mass is 9.72. The summed E-state index contributed by atoms with van der Waals surface area (Å²) in [7, 11) is 0. The molecule has 3 aliphatic carbocycles. The van der Waals surface area contributed by atoms with Gasteiger partial charge >= 0.3 is 0 Å². The van der Waals surface area contributed by atoms with Crippen molar-refractivity contribution in [1.29, 1.82) is 0 Å². The third-order valence-electron chi connectivity index (χ3n) is 16.9. The number of hydrogen-bond donors (Lipinski definition) is 0. The molecule has 3 nitrogen and oxygen atoms in total. The molecule has 0 saturated carbocycles.